The summed E-state index contributed by atoms with van der Waals surface area (Å²) in [5.41, 5.74) is 2.04. The van der Waals surface area contributed by atoms with Crippen LogP contribution < -0.4 is 15.1 Å². The van der Waals surface area contributed by atoms with Gasteiger partial charge in [-0.2, -0.15) is 0 Å². The molecule has 0 aliphatic carbocycles. The number of fused-ring (bicyclic) bond motifs is 1. The topological polar surface area (TPSA) is 68.9 Å². The zero-order valence-corrected chi connectivity index (χ0v) is 15.0. The van der Waals surface area contributed by atoms with Crippen molar-refractivity contribution >= 4 is 11.0 Å². The van der Waals surface area contributed by atoms with Crippen LogP contribution in [0.3, 0.4) is 0 Å². The van der Waals surface area contributed by atoms with Gasteiger partial charge in [0.05, 0.1) is 13.2 Å². The van der Waals surface area contributed by atoms with Gasteiger partial charge in [0.25, 0.3) is 0 Å². The van der Waals surface area contributed by atoms with Crippen LogP contribution in [0, 0.1) is 0 Å². The van der Waals surface area contributed by atoms with E-state index in [2.05, 4.69) is 0 Å². The first-order valence-electron chi connectivity index (χ1n) is 8.13. The number of aliphatic hydroxyl groups is 1. The fourth-order valence-corrected chi connectivity index (χ4v) is 2.53. The van der Waals surface area contributed by atoms with Gasteiger partial charge >= 0.3 is 5.63 Å². The second kappa shape index (κ2) is 8.53. The minimum atomic E-state index is -0.495. The molecule has 25 heavy (non-hydrogen) atoms. The molecular weight excluding hydrogens is 320 g/mol. The third-order valence-electron chi connectivity index (χ3n) is 3.64. The minimum absolute atomic E-state index is 0.326. The van der Waals surface area contributed by atoms with Gasteiger partial charge < -0.3 is 19.0 Å². The maximum Gasteiger partial charge on any atom is 0.336 e. The summed E-state index contributed by atoms with van der Waals surface area (Å²) in [4.78, 5) is 11.4. The third kappa shape index (κ3) is 5.22. The number of rotatable bonds is 7. The molecule has 2 aromatic rings. The molecule has 0 saturated heterocycles. The van der Waals surface area contributed by atoms with Crippen molar-refractivity contribution in [2.24, 2.45) is 0 Å². The Balaban J connectivity index is 2.11. The second-order valence-corrected chi connectivity index (χ2v) is 6.15. The number of hydrogen-bond acceptors (Lipinski definition) is 5. The summed E-state index contributed by atoms with van der Waals surface area (Å²) in [5, 5.41) is 10.7. The summed E-state index contributed by atoms with van der Waals surface area (Å²) in [6.45, 7) is 6.18. The van der Waals surface area contributed by atoms with E-state index in [1.807, 2.05) is 39.0 Å². The number of allylic oxidation sites excluding steroid dienone is 1. The molecule has 0 radical (unpaired) electrons. The molecule has 5 heteroatoms. The van der Waals surface area contributed by atoms with Crippen LogP contribution in [0.5, 0.6) is 11.5 Å². The largest absolute Gasteiger partial charge is 0.490 e. The van der Waals surface area contributed by atoms with Crippen molar-refractivity contribution in [3.05, 3.63) is 58.0 Å². The molecule has 0 amide bonds. The normalized spacial score (nSPS) is 12.8. The average Bonchev–Trinajstić information content (AvgIpc) is 2.53. The molecule has 0 saturated carbocycles. The van der Waals surface area contributed by atoms with Crippen molar-refractivity contribution < 1.29 is 19.0 Å². The van der Waals surface area contributed by atoms with Crippen molar-refractivity contribution in [2.75, 3.05) is 13.7 Å². The van der Waals surface area contributed by atoms with Crippen LogP contribution >= 0.6 is 0 Å². The fraction of sp³-hybridized carbons (Fsp3) is 0.350. The Morgan fingerprint density at radius 1 is 1.24 bits per heavy atom. The number of hydrogen-bond donors (Lipinski definition) is 1. The van der Waals surface area contributed by atoms with E-state index >= 15 is 0 Å². The van der Waals surface area contributed by atoms with Crippen molar-refractivity contribution in [1.29, 1.82) is 0 Å². The lowest BCUT2D eigenvalue weighted by Crippen LogP contribution is -2.05. The van der Waals surface area contributed by atoms with E-state index in [0.717, 1.165) is 16.5 Å². The fourth-order valence-electron chi connectivity index (χ4n) is 2.53. The van der Waals surface area contributed by atoms with Crippen LogP contribution in [-0.2, 0) is 0 Å². The van der Waals surface area contributed by atoms with E-state index in [1.54, 1.807) is 12.1 Å². The highest BCUT2D eigenvalue weighted by Gasteiger charge is 2.12. The van der Waals surface area contributed by atoms with Crippen LogP contribution in [-0.4, -0.2) is 24.9 Å². The van der Waals surface area contributed by atoms with Crippen molar-refractivity contribution in [1.82, 2.24) is 0 Å². The Bertz CT molecular complexity index is 841. The summed E-state index contributed by atoms with van der Waals surface area (Å²) in [6.07, 6.45) is 3.79. The van der Waals surface area contributed by atoms with Gasteiger partial charge in [-0.3, -0.25) is 0 Å². The predicted octanol–water partition coefficient (Wildman–Crippen LogP) is 3.84. The maximum atomic E-state index is 11.4. The molecule has 5 nitrogen and oxygen atoms in total. The number of ether oxygens (including phenoxy) is 2. The summed E-state index contributed by atoms with van der Waals surface area (Å²) < 4.78 is 16.3. The molecule has 1 aromatic heterocycles. The monoisotopic (exact) mass is 344 g/mol. The van der Waals surface area contributed by atoms with E-state index < -0.39 is 11.7 Å². The van der Waals surface area contributed by atoms with E-state index in [4.69, 9.17) is 13.9 Å². The molecule has 1 atom stereocenters. The van der Waals surface area contributed by atoms with Crippen molar-refractivity contribution in [3.8, 4) is 11.5 Å². The molecular formula is C20H24O5. The maximum absolute atomic E-state index is 11.4. The van der Waals surface area contributed by atoms with Gasteiger partial charge in [-0.25, -0.2) is 4.79 Å². The van der Waals surface area contributed by atoms with E-state index in [0.29, 0.717) is 30.1 Å². The lowest BCUT2D eigenvalue weighted by atomic mass is 10.1. The molecule has 2 rings (SSSR count). The molecule has 0 fully saturated rings. The van der Waals surface area contributed by atoms with Crippen molar-refractivity contribution in [2.45, 2.75) is 33.3 Å². The van der Waals surface area contributed by atoms with Gasteiger partial charge in [0, 0.05) is 11.5 Å². The average molecular weight is 344 g/mol. The first-order chi connectivity index (χ1) is 11.9. The first-order valence-corrected chi connectivity index (χ1v) is 8.13. The zero-order valence-electron chi connectivity index (χ0n) is 15.0. The molecule has 1 unspecified atom stereocenters. The number of aliphatic hydroxyl groups excluding tert-OH is 1. The smallest absolute Gasteiger partial charge is 0.336 e. The van der Waals surface area contributed by atoms with Gasteiger partial charge in [0.2, 0.25) is 5.75 Å². The van der Waals surface area contributed by atoms with Crippen molar-refractivity contribution in [3.63, 3.8) is 0 Å². The first kappa shape index (κ1) is 18.8. The number of methoxy groups -OCH3 is 1. The molecule has 0 spiro atoms. The van der Waals surface area contributed by atoms with Crippen LogP contribution in [0.25, 0.3) is 11.0 Å². The summed E-state index contributed by atoms with van der Waals surface area (Å²) in [5.74, 6) is 0.893. The predicted molar refractivity (Wildman–Crippen MR) is 98.3 cm³/mol. The third-order valence-corrected chi connectivity index (χ3v) is 3.64. The van der Waals surface area contributed by atoms with Crippen LogP contribution in [0.4, 0.5) is 0 Å². The highest BCUT2D eigenvalue weighted by molar-refractivity contribution is 5.85. The molecule has 134 valence electrons. The van der Waals surface area contributed by atoms with Gasteiger partial charge in [0.15, 0.2) is 11.3 Å². The number of benzene rings is 1. The molecule has 1 heterocycles. The van der Waals surface area contributed by atoms with Gasteiger partial charge in [-0.05, 0) is 51.5 Å². The Morgan fingerprint density at radius 3 is 2.64 bits per heavy atom. The van der Waals surface area contributed by atoms with E-state index in [9.17, 15) is 9.90 Å². The van der Waals surface area contributed by atoms with Gasteiger partial charge in [-0.15, -0.1) is 0 Å². The van der Waals surface area contributed by atoms with Crippen LogP contribution in [0.1, 0.15) is 27.2 Å². The van der Waals surface area contributed by atoms with Gasteiger partial charge in [0.1, 0.15) is 6.61 Å². The molecule has 0 bridgehead atoms. The SMILES string of the molecule is COc1c(OC/C=C(\C)CC(O)C=C(C)C)ccc2ccc(=O)oc12. The minimum Gasteiger partial charge on any atom is -0.490 e. The quantitative estimate of drug-likeness (QED) is 0.610. The van der Waals surface area contributed by atoms with Crippen LogP contribution in [0.2, 0.25) is 0 Å². The lowest BCUT2D eigenvalue weighted by molar-refractivity contribution is 0.222. The lowest BCUT2D eigenvalue weighted by Gasteiger charge is -2.11. The standard InChI is InChI=1S/C20H24O5/c1-13(2)11-16(21)12-14(3)9-10-24-17-7-5-15-6-8-18(22)25-19(15)20(17)23-4/h5-9,11,16,21H,10,12H2,1-4H3/b14-9+. The summed E-state index contributed by atoms with van der Waals surface area (Å²) in [6, 6.07) is 6.64. The Kier molecular flexibility index (Phi) is 6.42. The Hall–Kier alpha value is -2.53. The van der Waals surface area contributed by atoms with Crippen LogP contribution in [0.15, 0.2) is 56.8 Å². The highest BCUT2D eigenvalue weighted by Crippen LogP contribution is 2.34. The highest BCUT2D eigenvalue weighted by atomic mass is 16.5. The van der Waals surface area contributed by atoms with Gasteiger partial charge in [-0.1, -0.05) is 17.2 Å². The second-order valence-electron chi connectivity index (χ2n) is 6.15. The molecule has 0 aliphatic heterocycles. The van der Waals surface area contributed by atoms with E-state index in [1.165, 1.54) is 13.2 Å². The summed E-state index contributed by atoms with van der Waals surface area (Å²) >= 11 is 0. The zero-order chi connectivity index (χ0) is 18.4. The van der Waals surface area contributed by atoms with E-state index in [-0.39, 0.29) is 0 Å². The molecule has 1 aromatic carbocycles. The molecule has 0 aliphatic rings. The molecule has 1 N–H and O–H groups in total. The Labute approximate surface area is 147 Å². The Morgan fingerprint density at radius 2 is 1.96 bits per heavy atom. The summed E-state index contributed by atoms with van der Waals surface area (Å²) in [7, 11) is 1.51.